The van der Waals surface area contributed by atoms with Crippen LogP contribution in [0.1, 0.15) is 6.92 Å². The Morgan fingerprint density at radius 3 is 3.09 bits per heavy atom. The van der Waals surface area contributed by atoms with Crippen molar-refractivity contribution in [3.05, 3.63) is 12.4 Å². The number of imidazole rings is 1. The third-order valence-electron chi connectivity index (χ3n) is 1.16. The fraction of sp³-hybridized carbons (Fsp3) is 0.333. The predicted octanol–water partition coefficient (Wildman–Crippen LogP) is 0.376. The maximum absolute atomic E-state index is 10.6. The van der Waals surface area contributed by atoms with Gasteiger partial charge in [-0.15, -0.1) is 0 Å². The van der Waals surface area contributed by atoms with Gasteiger partial charge in [-0.25, -0.2) is 4.98 Å². The minimum Gasteiger partial charge on any atom is -0.369 e. The molecular formula is C6H9N3OS. The monoisotopic (exact) mass is 171 g/mol. The van der Waals surface area contributed by atoms with Gasteiger partial charge in [0.1, 0.15) is 0 Å². The van der Waals surface area contributed by atoms with Crippen LogP contribution in [0.4, 0.5) is 0 Å². The van der Waals surface area contributed by atoms with Crippen LogP contribution in [-0.4, -0.2) is 21.1 Å². The molecule has 0 aromatic carbocycles. The van der Waals surface area contributed by atoms with Crippen molar-refractivity contribution in [2.45, 2.75) is 17.3 Å². The van der Waals surface area contributed by atoms with E-state index in [4.69, 9.17) is 5.73 Å². The van der Waals surface area contributed by atoms with Crippen LogP contribution in [0, 0.1) is 0 Å². The van der Waals surface area contributed by atoms with E-state index in [1.54, 1.807) is 19.3 Å². The minimum atomic E-state index is -0.327. The number of amides is 1. The SMILES string of the molecule is CC(Sc1ncc[nH]1)C(N)=O. The molecule has 1 amide bonds. The van der Waals surface area contributed by atoms with E-state index in [-0.39, 0.29) is 11.2 Å². The van der Waals surface area contributed by atoms with Crippen molar-refractivity contribution in [1.82, 2.24) is 9.97 Å². The molecule has 0 aliphatic rings. The van der Waals surface area contributed by atoms with E-state index in [1.165, 1.54) is 11.8 Å². The van der Waals surface area contributed by atoms with Gasteiger partial charge >= 0.3 is 0 Å². The van der Waals surface area contributed by atoms with Gasteiger partial charge in [0, 0.05) is 12.4 Å². The lowest BCUT2D eigenvalue weighted by molar-refractivity contribution is -0.117. The van der Waals surface area contributed by atoms with Crippen LogP contribution in [0.5, 0.6) is 0 Å². The summed E-state index contributed by atoms with van der Waals surface area (Å²) in [6, 6.07) is 0. The van der Waals surface area contributed by atoms with E-state index < -0.39 is 0 Å². The molecule has 0 aliphatic carbocycles. The molecule has 1 aromatic heterocycles. The van der Waals surface area contributed by atoms with Crippen LogP contribution in [-0.2, 0) is 4.79 Å². The first-order valence-corrected chi connectivity index (χ1v) is 4.03. The van der Waals surface area contributed by atoms with Crippen LogP contribution >= 0.6 is 11.8 Å². The number of aromatic amines is 1. The molecule has 5 heteroatoms. The van der Waals surface area contributed by atoms with Crippen molar-refractivity contribution in [3.8, 4) is 0 Å². The average Bonchev–Trinajstić information content (AvgIpc) is 2.39. The second-order valence-electron chi connectivity index (χ2n) is 2.06. The number of carbonyl (C=O) groups is 1. The Hall–Kier alpha value is -0.970. The maximum Gasteiger partial charge on any atom is 0.230 e. The molecule has 0 radical (unpaired) electrons. The third-order valence-corrected chi connectivity index (χ3v) is 2.19. The molecule has 0 fully saturated rings. The smallest absolute Gasteiger partial charge is 0.230 e. The summed E-state index contributed by atoms with van der Waals surface area (Å²) in [7, 11) is 0. The van der Waals surface area contributed by atoms with Crippen LogP contribution in [0.3, 0.4) is 0 Å². The molecule has 1 heterocycles. The second-order valence-corrected chi connectivity index (χ2v) is 3.39. The Morgan fingerprint density at radius 1 is 1.91 bits per heavy atom. The first-order chi connectivity index (χ1) is 5.20. The highest BCUT2D eigenvalue weighted by Gasteiger charge is 2.10. The summed E-state index contributed by atoms with van der Waals surface area (Å²) in [4.78, 5) is 17.4. The van der Waals surface area contributed by atoms with Crippen LogP contribution in [0.15, 0.2) is 17.6 Å². The molecule has 60 valence electrons. The largest absolute Gasteiger partial charge is 0.369 e. The number of primary amides is 1. The molecule has 1 rings (SSSR count). The summed E-state index contributed by atoms with van der Waals surface area (Å²) in [5.74, 6) is -0.327. The van der Waals surface area contributed by atoms with E-state index in [0.717, 1.165) is 5.16 Å². The van der Waals surface area contributed by atoms with Gasteiger partial charge in [0.05, 0.1) is 5.25 Å². The van der Waals surface area contributed by atoms with Gasteiger partial charge in [-0.05, 0) is 6.92 Å². The fourth-order valence-electron chi connectivity index (χ4n) is 0.541. The highest BCUT2D eigenvalue weighted by Crippen LogP contribution is 2.17. The van der Waals surface area contributed by atoms with E-state index >= 15 is 0 Å². The number of aromatic nitrogens is 2. The zero-order valence-corrected chi connectivity index (χ0v) is 6.89. The van der Waals surface area contributed by atoms with Gasteiger partial charge in [0.2, 0.25) is 5.91 Å². The number of nitrogens with two attached hydrogens (primary N) is 1. The zero-order chi connectivity index (χ0) is 8.27. The average molecular weight is 171 g/mol. The quantitative estimate of drug-likeness (QED) is 0.645. The highest BCUT2D eigenvalue weighted by atomic mass is 32.2. The van der Waals surface area contributed by atoms with Crippen LogP contribution in [0.2, 0.25) is 0 Å². The summed E-state index contributed by atoms with van der Waals surface area (Å²) in [5, 5.41) is 0.484. The predicted molar refractivity (Wildman–Crippen MR) is 43.1 cm³/mol. The minimum absolute atomic E-state index is 0.235. The molecule has 3 N–H and O–H groups in total. The van der Waals surface area contributed by atoms with Gasteiger partial charge in [-0.2, -0.15) is 0 Å². The number of nitrogens with one attached hydrogen (secondary N) is 1. The molecule has 0 saturated carbocycles. The van der Waals surface area contributed by atoms with Gasteiger partial charge < -0.3 is 10.7 Å². The molecular weight excluding hydrogens is 162 g/mol. The lowest BCUT2D eigenvalue weighted by atomic mass is 10.5. The first-order valence-electron chi connectivity index (χ1n) is 3.15. The molecule has 1 unspecified atom stereocenters. The molecule has 0 aliphatic heterocycles. The summed E-state index contributed by atoms with van der Waals surface area (Å²) >= 11 is 1.32. The number of rotatable bonds is 3. The maximum atomic E-state index is 10.6. The van der Waals surface area contributed by atoms with E-state index in [2.05, 4.69) is 9.97 Å². The standard InChI is InChI=1S/C6H9N3OS/c1-4(5(7)10)11-6-8-2-3-9-6/h2-4H,1H3,(H2,7,10)(H,8,9). The molecule has 0 saturated heterocycles. The second kappa shape index (κ2) is 3.43. The molecule has 1 aromatic rings. The normalized spacial score (nSPS) is 12.8. The summed E-state index contributed by atoms with van der Waals surface area (Å²) in [6.45, 7) is 1.75. The lowest BCUT2D eigenvalue weighted by Gasteiger charge is -2.01. The highest BCUT2D eigenvalue weighted by molar-refractivity contribution is 8.00. The molecule has 1 atom stereocenters. The number of nitrogens with zero attached hydrogens (tertiary/aromatic N) is 1. The van der Waals surface area contributed by atoms with Crippen molar-refractivity contribution >= 4 is 17.7 Å². The Morgan fingerprint density at radius 2 is 2.64 bits per heavy atom. The lowest BCUT2D eigenvalue weighted by Crippen LogP contribution is -2.22. The molecule has 11 heavy (non-hydrogen) atoms. The van der Waals surface area contributed by atoms with Crippen molar-refractivity contribution in [2.24, 2.45) is 5.73 Å². The molecule has 4 nitrogen and oxygen atoms in total. The van der Waals surface area contributed by atoms with Crippen molar-refractivity contribution in [2.75, 3.05) is 0 Å². The van der Waals surface area contributed by atoms with Gasteiger partial charge in [-0.1, -0.05) is 11.8 Å². The number of thioether (sulfide) groups is 1. The zero-order valence-electron chi connectivity index (χ0n) is 6.07. The van der Waals surface area contributed by atoms with E-state index in [1.807, 2.05) is 0 Å². The van der Waals surface area contributed by atoms with Crippen molar-refractivity contribution in [3.63, 3.8) is 0 Å². The number of hydrogen-bond donors (Lipinski definition) is 2. The number of H-pyrrole nitrogens is 1. The van der Waals surface area contributed by atoms with Crippen LogP contribution < -0.4 is 5.73 Å². The van der Waals surface area contributed by atoms with Gasteiger partial charge in [0.15, 0.2) is 5.16 Å². The molecule has 0 bridgehead atoms. The third kappa shape index (κ3) is 2.27. The van der Waals surface area contributed by atoms with E-state index in [0.29, 0.717) is 0 Å². The Balaban J connectivity index is 2.50. The Bertz CT molecular complexity index is 234. The van der Waals surface area contributed by atoms with Gasteiger partial charge in [-0.3, -0.25) is 4.79 Å². The Labute approximate surface area is 68.6 Å². The Kier molecular flexibility index (Phi) is 2.53. The summed E-state index contributed by atoms with van der Waals surface area (Å²) < 4.78 is 0. The molecule has 0 spiro atoms. The van der Waals surface area contributed by atoms with Crippen molar-refractivity contribution < 1.29 is 4.79 Å². The number of hydrogen-bond acceptors (Lipinski definition) is 3. The van der Waals surface area contributed by atoms with Crippen LogP contribution in [0.25, 0.3) is 0 Å². The summed E-state index contributed by atoms with van der Waals surface area (Å²) in [6.07, 6.45) is 3.34. The van der Waals surface area contributed by atoms with Crippen molar-refractivity contribution in [1.29, 1.82) is 0 Å². The van der Waals surface area contributed by atoms with Gasteiger partial charge in [0.25, 0.3) is 0 Å². The number of carbonyl (C=O) groups excluding carboxylic acids is 1. The first kappa shape index (κ1) is 8.13. The fourth-order valence-corrected chi connectivity index (χ4v) is 1.25. The topological polar surface area (TPSA) is 71.8 Å². The summed E-state index contributed by atoms with van der Waals surface area (Å²) in [5.41, 5.74) is 5.05. The van der Waals surface area contributed by atoms with E-state index in [9.17, 15) is 4.79 Å².